The van der Waals surface area contributed by atoms with Crippen molar-refractivity contribution >= 4 is 15.7 Å². The predicted molar refractivity (Wildman–Crippen MR) is 84.2 cm³/mol. The minimum atomic E-state index is -3.38. The monoisotopic (exact) mass is 312 g/mol. The van der Waals surface area contributed by atoms with Gasteiger partial charge in [-0.3, -0.25) is 0 Å². The van der Waals surface area contributed by atoms with Crippen LogP contribution in [0.15, 0.2) is 23.1 Å². The van der Waals surface area contributed by atoms with E-state index in [2.05, 4.69) is 4.90 Å². The van der Waals surface area contributed by atoms with Gasteiger partial charge in [-0.25, -0.2) is 8.42 Å². The fourth-order valence-corrected chi connectivity index (χ4v) is 4.32. The Labute approximate surface area is 127 Å². The molecule has 6 heteroatoms. The molecule has 1 N–H and O–H groups in total. The maximum Gasteiger partial charge on any atom is 0.243 e. The molecule has 2 rings (SSSR count). The maximum atomic E-state index is 12.5. The molecule has 118 valence electrons. The first-order valence-corrected chi connectivity index (χ1v) is 8.97. The molecular formula is C15H24N2O3S. The van der Waals surface area contributed by atoms with Gasteiger partial charge in [0.2, 0.25) is 10.0 Å². The number of rotatable bonds is 7. The van der Waals surface area contributed by atoms with Gasteiger partial charge in [0.1, 0.15) is 0 Å². The van der Waals surface area contributed by atoms with Crippen LogP contribution in [0.3, 0.4) is 0 Å². The molecular weight excluding hydrogens is 288 g/mol. The van der Waals surface area contributed by atoms with Crippen molar-refractivity contribution in [2.24, 2.45) is 0 Å². The molecule has 0 radical (unpaired) electrons. The predicted octanol–water partition coefficient (Wildman–Crippen LogP) is 1.46. The van der Waals surface area contributed by atoms with Crippen LogP contribution in [0.5, 0.6) is 0 Å². The van der Waals surface area contributed by atoms with E-state index in [1.54, 1.807) is 6.07 Å². The van der Waals surface area contributed by atoms with E-state index in [0.717, 1.165) is 37.2 Å². The first kappa shape index (κ1) is 16.3. The molecule has 5 nitrogen and oxygen atoms in total. The molecule has 0 fully saturated rings. The van der Waals surface area contributed by atoms with Crippen molar-refractivity contribution in [1.29, 1.82) is 0 Å². The summed E-state index contributed by atoms with van der Waals surface area (Å²) in [5, 5.41) is 8.93. The Kier molecular flexibility index (Phi) is 5.24. The summed E-state index contributed by atoms with van der Waals surface area (Å²) in [6.07, 6.45) is 1.60. The molecule has 0 aliphatic carbocycles. The highest BCUT2D eigenvalue weighted by atomic mass is 32.2. The van der Waals surface area contributed by atoms with Crippen LogP contribution in [0.25, 0.3) is 0 Å². The molecule has 0 saturated carbocycles. The van der Waals surface area contributed by atoms with Crippen molar-refractivity contribution in [3.63, 3.8) is 0 Å². The van der Waals surface area contributed by atoms with Crippen molar-refractivity contribution in [1.82, 2.24) is 4.31 Å². The highest BCUT2D eigenvalue weighted by Crippen LogP contribution is 2.31. The summed E-state index contributed by atoms with van der Waals surface area (Å²) in [5.41, 5.74) is 2.18. The third-order valence-corrected chi connectivity index (χ3v) is 6.02. The SMILES string of the molecule is CCN(CC)S(=O)(=O)c1ccc2c(c1)CCN2CCCO. The van der Waals surface area contributed by atoms with E-state index in [1.165, 1.54) is 4.31 Å². The number of sulfonamides is 1. The lowest BCUT2D eigenvalue weighted by Gasteiger charge is -2.21. The quantitative estimate of drug-likeness (QED) is 0.828. The van der Waals surface area contributed by atoms with Gasteiger partial charge in [0.05, 0.1) is 4.90 Å². The number of aliphatic hydroxyl groups excluding tert-OH is 1. The number of nitrogens with zero attached hydrogens (tertiary/aromatic N) is 2. The molecule has 0 saturated heterocycles. The van der Waals surface area contributed by atoms with Crippen LogP contribution in [0, 0.1) is 0 Å². The van der Waals surface area contributed by atoms with Gasteiger partial charge < -0.3 is 10.0 Å². The van der Waals surface area contributed by atoms with E-state index in [0.29, 0.717) is 18.0 Å². The Hall–Kier alpha value is -1.11. The summed E-state index contributed by atoms with van der Waals surface area (Å²) < 4.78 is 26.5. The van der Waals surface area contributed by atoms with Crippen LogP contribution in [0.1, 0.15) is 25.8 Å². The van der Waals surface area contributed by atoms with E-state index in [4.69, 9.17) is 5.11 Å². The van der Waals surface area contributed by atoms with Crippen LogP contribution in [0.4, 0.5) is 5.69 Å². The van der Waals surface area contributed by atoms with Gasteiger partial charge in [-0.15, -0.1) is 0 Å². The molecule has 0 unspecified atom stereocenters. The van der Waals surface area contributed by atoms with Crippen LogP contribution in [-0.4, -0.2) is 50.6 Å². The van der Waals surface area contributed by atoms with Gasteiger partial charge in [-0.2, -0.15) is 4.31 Å². The van der Waals surface area contributed by atoms with Crippen LogP contribution >= 0.6 is 0 Å². The molecule has 0 spiro atoms. The second-order valence-electron chi connectivity index (χ2n) is 5.19. The average Bonchev–Trinajstić information content (AvgIpc) is 2.88. The topological polar surface area (TPSA) is 60.9 Å². The molecule has 1 aliphatic rings. The van der Waals surface area contributed by atoms with E-state index in [-0.39, 0.29) is 6.61 Å². The van der Waals surface area contributed by atoms with Crippen molar-refractivity contribution in [2.75, 3.05) is 37.7 Å². The van der Waals surface area contributed by atoms with E-state index < -0.39 is 10.0 Å². The molecule has 0 bridgehead atoms. The highest BCUT2D eigenvalue weighted by Gasteiger charge is 2.25. The summed E-state index contributed by atoms with van der Waals surface area (Å²) in [4.78, 5) is 2.59. The second-order valence-corrected chi connectivity index (χ2v) is 7.13. The van der Waals surface area contributed by atoms with Crippen LogP contribution in [-0.2, 0) is 16.4 Å². The van der Waals surface area contributed by atoms with Crippen LogP contribution in [0.2, 0.25) is 0 Å². The summed E-state index contributed by atoms with van der Waals surface area (Å²) in [6.45, 7) is 6.56. The number of hydrogen-bond donors (Lipinski definition) is 1. The Bertz CT molecular complexity index is 583. The largest absolute Gasteiger partial charge is 0.396 e. The van der Waals surface area contributed by atoms with Gasteiger partial charge in [-0.1, -0.05) is 13.8 Å². The Morgan fingerprint density at radius 1 is 1.29 bits per heavy atom. The number of benzene rings is 1. The van der Waals surface area contributed by atoms with Gasteiger partial charge in [-0.05, 0) is 36.6 Å². The van der Waals surface area contributed by atoms with Crippen molar-refractivity contribution in [3.8, 4) is 0 Å². The molecule has 1 aliphatic heterocycles. The lowest BCUT2D eigenvalue weighted by Crippen LogP contribution is -2.30. The van der Waals surface area contributed by atoms with E-state index in [9.17, 15) is 8.42 Å². The molecule has 21 heavy (non-hydrogen) atoms. The van der Waals surface area contributed by atoms with Gasteiger partial charge >= 0.3 is 0 Å². The van der Waals surface area contributed by atoms with Crippen molar-refractivity contribution in [2.45, 2.75) is 31.6 Å². The Morgan fingerprint density at radius 2 is 2.00 bits per heavy atom. The fourth-order valence-electron chi connectivity index (χ4n) is 2.81. The molecule has 1 aromatic rings. The lowest BCUT2D eigenvalue weighted by molar-refractivity contribution is 0.290. The van der Waals surface area contributed by atoms with Crippen LogP contribution < -0.4 is 4.90 Å². The molecule has 1 aromatic carbocycles. The lowest BCUT2D eigenvalue weighted by atomic mass is 10.2. The number of hydrogen-bond acceptors (Lipinski definition) is 4. The number of anilines is 1. The summed E-state index contributed by atoms with van der Waals surface area (Å²) in [7, 11) is -3.38. The Balaban J connectivity index is 2.27. The smallest absolute Gasteiger partial charge is 0.243 e. The second kappa shape index (κ2) is 6.77. The van der Waals surface area contributed by atoms with Crippen molar-refractivity contribution < 1.29 is 13.5 Å². The maximum absolute atomic E-state index is 12.5. The first-order chi connectivity index (χ1) is 10.0. The summed E-state index contributed by atoms with van der Waals surface area (Å²) in [6, 6.07) is 5.40. The van der Waals surface area contributed by atoms with E-state index in [1.807, 2.05) is 26.0 Å². The summed E-state index contributed by atoms with van der Waals surface area (Å²) >= 11 is 0. The van der Waals surface area contributed by atoms with Gasteiger partial charge in [0.15, 0.2) is 0 Å². The first-order valence-electron chi connectivity index (χ1n) is 7.53. The zero-order chi connectivity index (χ0) is 15.5. The normalized spacial score (nSPS) is 14.8. The third-order valence-electron chi connectivity index (χ3n) is 3.97. The highest BCUT2D eigenvalue weighted by molar-refractivity contribution is 7.89. The number of aliphatic hydroxyl groups is 1. The number of fused-ring (bicyclic) bond motifs is 1. The standard InChI is InChI=1S/C15H24N2O3S/c1-3-17(4-2)21(19,20)14-6-7-15-13(12-14)8-10-16(15)9-5-11-18/h6-7,12,18H,3-5,8-11H2,1-2H3. The Morgan fingerprint density at radius 3 is 2.62 bits per heavy atom. The summed E-state index contributed by atoms with van der Waals surface area (Å²) in [5.74, 6) is 0. The van der Waals surface area contributed by atoms with Crippen molar-refractivity contribution in [3.05, 3.63) is 23.8 Å². The fraction of sp³-hybridized carbons (Fsp3) is 0.600. The minimum absolute atomic E-state index is 0.181. The van der Waals surface area contributed by atoms with Gasteiger partial charge in [0.25, 0.3) is 0 Å². The van der Waals surface area contributed by atoms with Gasteiger partial charge in [0, 0.05) is 38.5 Å². The zero-order valence-electron chi connectivity index (χ0n) is 12.7. The molecule has 0 atom stereocenters. The zero-order valence-corrected chi connectivity index (χ0v) is 13.6. The minimum Gasteiger partial charge on any atom is -0.396 e. The van der Waals surface area contributed by atoms with E-state index >= 15 is 0 Å². The molecule has 1 heterocycles. The molecule has 0 amide bonds. The third kappa shape index (κ3) is 3.22. The average molecular weight is 312 g/mol. The molecule has 0 aromatic heterocycles.